The second kappa shape index (κ2) is 10.9. The minimum atomic E-state index is -0.991. The van der Waals surface area contributed by atoms with Gasteiger partial charge in [-0.05, 0) is 61.1 Å². The monoisotopic (exact) mass is 466 g/mol. The van der Waals surface area contributed by atoms with E-state index in [9.17, 15) is 13.2 Å². The minimum absolute atomic E-state index is 0.0884. The van der Waals surface area contributed by atoms with Gasteiger partial charge >= 0.3 is 0 Å². The largest absolute Gasteiger partial charge is 0.490 e. The normalized spacial score (nSPS) is 18.4. The predicted molar refractivity (Wildman–Crippen MR) is 129 cm³/mol. The van der Waals surface area contributed by atoms with Crippen LogP contribution in [0.3, 0.4) is 0 Å². The van der Waals surface area contributed by atoms with Crippen LogP contribution < -0.4 is 4.74 Å². The highest BCUT2D eigenvalue weighted by Crippen LogP contribution is 2.35. The molecule has 1 fully saturated rings. The van der Waals surface area contributed by atoms with E-state index in [0.29, 0.717) is 42.2 Å². The molecule has 0 radical (unpaired) electrons. The Bertz CT molecular complexity index is 1150. The third-order valence-electron chi connectivity index (χ3n) is 6.16. The Kier molecular flexibility index (Phi) is 7.73. The van der Waals surface area contributed by atoms with Gasteiger partial charge in [0.05, 0.1) is 19.3 Å². The first-order valence-electron chi connectivity index (χ1n) is 11.8. The van der Waals surface area contributed by atoms with Crippen molar-refractivity contribution in [3.63, 3.8) is 0 Å². The number of allylic oxidation sites excluding steroid dienone is 1. The van der Waals surface area contributed by atoms with E-state index in [1.807, 2.05) is 26.0 Å². The van der Waals surface area contributed by atoms with E-state index in [1.165, 1.54) is 18.2 Å². The van der Waals surface area contributed by atoms with Gasteiger partial charge in [-0.25, -0.2) is 8.78 Å². The van der Waals surface area contributed by atoms with Gasteiger partial charge in [0.15, 0.2) is 11.6 Å². The zero-order valence-corrected chi connectivity index (χ0v) is 19.5. The molecule has 34 heavy (non-hydrogen) atoms. The van der Waals surface area contributed by atoms with Crippen LogP contribution in [0.25, 0.3) is 22.3 Å². The van der Waals surface area contributed by atoms with Crippen LogP contribution >= 0.6 is 0 Å². The Morgan fingerprint density at radius 3 is 2.29 bits per heavy atom. The van der Waals surface area contributed by atoms with Crippen LogP contribution in [-0.2, 0) is 4.74 Å². The molecule has 1 aliphatic rings. The SMILES string of the molecule is C/C=C/C1CCC(c2ccc(-c3ccc(-c4ccc(OCCC)c(F)c4F)cc3)cc2F)OC1. The molecule has 1 aliphatic heterocycles. The lowest BCUT2D eigenvalue weighted by Gasteiger charge is -2.28. The van der Waals surface area contributed by atoms with Crippen molar-refractivity contribution >= 4 is 0 Å². The van der Waals surface area contributed by atoms with Crippen molar-refractivity contribution in [2.24, 2.45) is 5.92 Å². The second-order valence-electron chi connectivity index (χ2n) is 8.59. The van der Waals surface area contributed by atoms with E-state index in [1.54, 1.807) is 30.3 Å². The summed E-state index contributed by atoms with van der Waals surface area (Å²) in [6, 6.07) is 15.1. The van der Waals surface area contributed by atoms with Crippen LogP contribution in [0.1, 0.15) is 44.8 Å². The molecule has 0 saturated carbocycles. The highest BCUT2D eigenvalue weighted by molar-refractivity contribution is 5.71. The van der Waals surface area contributed by atoms with Gasteiger partial charge in [-0.15, -0.1) is 0 Å². The fourth-order valence-corrected chi connectivity index (χ4v) is 4.33. The maximum Gasteiger partial charge on any atom is 0.201 e. The van der Waals surface area contributed by atoms with Crippen LogP contribution in [0, 0.1) is 23.4 Å². The third-order valence-corrected chi connectivity index (χ3v) is 6.16. The molecule has 2 nitrogen and oxygen atoms in total. The molecule has 1 saturated heterocycles. The van der Waals surface area contributed by atoms with Gasteiger partial charge in [-0.3, -0.25) is 0 Å². The zero-order valence-electron chi connectivity index (χ0n) is 19.5. The molecular weight excluding hydrogens is 437 g/mol. The van der Waals surface area contributed by atoms with E-state index in [2.05, 4.69) is 6.08 Å². The molecule has 2 atom stereocenters. The van der Waals surface area contributed by atoms with E-state index in [-0.39, 0.29) is 23.2 Å². The maximum atomic E-state index is 14.9. The van der Waals surface area contributed by atoms with E-state index < -0.39 is 11.6 Å². The van der Waals surface area contributed by atoms with Crippen LogP contribution in [0.5, 0.6) is 5.75 Å². The molecule has 0 aromatic heterocycles. The van der Waals surface area contributed by atoms with Crippen molar-refractivity contribution in [2.45, 2.75) is 39.2 Å². The van der Waals surface area contributed by atoms with Crippen molar-refractivity contribution in [3.05, 3.63) is 89.8 Å². The molecule has 3 aromatic rings. The Labute approximate surface area is 199 Å². The number of benzene rings is 3. The summed E-state index contributed by atoms with van der Waals surface area (Å²) in [5.74, 6) is -1.93. The van der Waals surface area contributed by atoms with E-state index >= 15 is 0 Å². The summed E-state index contributed by atoms with van der Waals surface area (Å²) < 4.78 is 55.1. The molecule has 4 rings (SSSR count). The summed E-state index contributed by atoms with van der Waals surface area (Å²) in [5.41, 5.74) is 2.76. The molecule has 0 amide bonds. The van der Waals surface area contributed by atoms with Gasteiger partial charge < -0.3 is 9.47 Å². The van der Waals surface area contributed by atoms with Gasteiger partial charge in [-0.2, -0.15) is 4.39 Å². The maximum absolute atomic E-state index is 14.9. The molecule has 0 bridgehead atoms. The molecule has 1 heterocycles. The summed E-state index contributed by atoms with van der Waals surface area (Å²) in [7, 11) is 0. The lowest BCUT2D eigenvalue weighted by atomic mass is 9.93. The van der Waals surface area contributed by atoms with Crippen LogP contribution in [0.4, 0.5) is 13.2 Å². The average molecular weight is 467 g/mol. The zero-order chi connectivity index (χ0) is 24.1. The van der Waals surface area contributed by atoms with Gasteiger partial charge in [-0.1, -0.05) is 55.5 Å². The first-order valence-corrected chi connectivity index (χ1v) is 11.8. The first-order chi connectivity index (χ1) is 16.5. The Morgan fingerprint density at radius 1 is 0.912 bits per heavy atom. The Morgan fingerprint density at radius 2 is 1.65 bits per heavy atom. The molecule has 178 valence electrons. The fraction of sp³-hybridized carbons (Fsp3) is 0.310. The predicted octanol–water partition coefficient (Wildman–Crippen LogP) is 8.27. The van der Waals surface area contributed by atoms with Crippen LogP contribution in [0.2, 0.25) is 0 Å². The highest BCUT2D eigenvalue weighted by atomic mass is 19.2. The minimum Gasteiger partial charge on any atom is -0.490 e. The van der Waals surface area contributed by atoms with Gasteiger partial charge in [0.2, 0.25) is 5.82 Å². The average Bonchev–Trinajstić information content (AvgIpc) is 2.86. The summed E-state index contributed by atoms with van der Waals surface area (Å²) in [5, 5.41) is 0. The molecule has 0 N–H and O–H groups in total. The standard InChI is InChI=1S/C29H29F3O2/c1-3-5-19-6-14-26(34-18-19)24-12-11-22(17-25(24)30)20-7-9-21(10-8-20)23-13-15-27(33-16-4-2)29(32)28(23)31/h3,5,7-13,15,17,19,26H,4,6,14,16,18H2,1-2H3/b5-3+. The van der Waals surface area contributed by atoms with E-state index in [4.69, 9.17) is 9.47 Å². The van der Waals surface area contributed by atoms with Crippen molar-refractivity contribution in [1.82, 2.24) is 0 Å². The third kappa shape index (κ3) is 5.20. The second-order valence-corrected chi connectivity index (χ2v) is 8.59. The number of hydrogen-bond donors (Lipinski definition) is 0. The van der Waals surface area contributed by atoms with E-state index in [0.717, 1.165) is 18.4 Å². The van der Waals surface area contributed by atoms with Crippen molar-refractivity contribution in [1.29, 1.82) is 0 Å². The van der Waals surface area contributed by atoms with Gasteiger partial charge in [0.1, 0.15) is 5.82 Å². The van der Waals surface area contributed by atoms with Crippen molar-refractivity contribution < 1.29 is 22.6 Å². The topological polar surface area (TPSA) is 18.5 Å². The van der Waals surface area contributed by atoms with Gasteiger partial charge in [0, 0.05) is 17.0 Å². The quantitative estimate of drug-likeness (QED) is 0.326. The molecule has 2 unspecified atom stereocenters. The number of hydrogen-bond acceptors (Lipinski definition) is 2. The molecule has 0 spiro atoms. The van der Waals surface area contributed by atoms with Crippen LogP contribution in [0.15, 0.2) is 66.7 Å². The number of halogens is 3. The Hall–Kier alpha value is -3.05. The Balaban J connectivity index is 1.50. The summed E-state index contributed by atoms with van der Waals surface area (Å²) in [6.45, 7) is 4.81. The molecule has 5 heteroatoms. The highest BCUT2D eigenvalue weighted by Gasteiger charge is 2.24. The van der Waals surface area contributed by atoms with Crippen molar-refractivity contribution in [2.75, 3.05) is 13.2 Å². The summed E-state index contributed by atoms with van der Waals surface area (Å²) in [4.78, 5) is 0. The number of rotatable bonds is 7. The van der Waals surface area contributed by atoms with Crippen molar-refractivity contribution in [3.8, 4) is 28.0 Å². The summed E-state index contributed by atoms with van der Waals surface area (Å²) >= 11 is 0. The van der Waals surface area contributed by atoms with Gasteiger partial charge in [0.25, 0.3) is 0 Å². The van der Waals surface area contributed by atoms with Crippen LogP contribution in [-0.4, -0.2) is 13.2 Å². The lowest BCUT2D eigenvalue weighted by Crippen LogP contribution is -2.20. The first kappa shape index (κ1) is 24.1. The number of ether oxygens (including phenoxy) is 2. The lowest BCUT2D eigenvalue weighted by molar-refractivity contribution is -0.00711. The fourth-order valence-electron chi connectivity index (χ4n) is 4.33. The summed E-state index contributed by atoms with van der Waals surface area (Å²) in [6.07, 6.45) is 6.38. The molecular formula is C29H29F3O2. The molecule has 3 aromatic carbocycles. The molecule has 0 aliphatic carbocycles. The smallest absolute Gasteiger partial charge is 0.201 e.